The summed E-state index contributed by atoms with van der Waals surface area (Å²) in [6, 6.07) is 8.56. The first-order valence-electron chi connectivity index (χ1n) is 8.34. The molecule has 138 valence electrons. The van der Waals surface area contributed by atoms with Gasteiger partial charge in [0.05, 0.1) is 6.33 Å². The summed E-state index contributed by atoms with van der Waals surface area (Å²) in [4.78, 5) is 30.4. The molecule has 0 bridgehead atoms. The van der Waals surface area contributed by atoms with Crippen LogP contribution in [0.2, 0.25) is 0 Å². The van der Waals surface area contributed by atoms with Gasteiger partial charge in [0.2, 0.25) is 0 Å². The normalized spacial score (nSPS) is 11.3. The minimum atomic E-state index is -0.307. The number of aryl methyl sites for hydroxylation is 2. The molecule has 26 heavy (non-hydrogen) atoms. The number of thioether (sulfide) groups is 2. The fourth-order valence-electron chi connectivity index (χ4n) is 2.83. The molecule has 0 amide bonds. The molecule has 0 saturated carbocycles. The molecule has 0 atom stereocenters. The van der Waals surface area contributed by atoms with E-state index < -0.39 is 0 Å². The van der Waals surface area contributed by atoms with Crippen LogP contribution in [0.4, 0.5) is 0 Å². The van der Waals surface area contributed by atoms with Crippen LogP contribution in [-0.4, -0.2) is 30.7 Å². The Hall–Kier alpha value is -1.93. The lowest BCUT2D eigenvalue weighted by Crippen LogP contribution is -2.39. The average Bonchev–Trinajstić information content (AvgIpc) is 3.04. The molecule has 0 radical (unpaired) electrons. The maximum atomic E-state index is 12.6. The van der Waals surface area contributed by atoms with Gasteiger partial charge < -0.3 is 4.57 Å². The standard InChI is InChI=1S/C18H22N4O2S2/c1-20-12-19-16-15(20)17(23)22(18(24)21(16)2)9-4-10-26-11-13-5-7-14(25-3)8-6-13/h5-8,12H,4,9-11H2,1-3H3. The van der Waals surface area contributed by atoms with Crippen molar-refractivity contribution in [2.45, 2.75) is 23.6 Å². The van der Waals surface area contributed by atoms with Crippen LogP contribution in [0.3, 0.4) is 0 Å². The van der Waals surface area contributed by atoms with E-state index in [2.05, 4.69) is 35.5 Å². The second kappa shape index (κ2) is 8.18. The molecule has 6 nitrogen and oxygen atoms in total. The van der Waals surface area contributed by atoms with Crippen molar-refractivity contribution < 1.29 is 0 Å². The smallest absolute Gasteiger partial charge is 0.328 e. The van der Waals surface area contributed by atoms with E-state index in [4.69, 9.17) is 0 Å². The lowest BCUT2D eigenvalue weighted by atomic mass is 10.2. The number of aromatic nitrogens is 4. The van der Waals surface area contributed by atoms with E-state index in [9.17, 15) is 9.59 Å². The molecule has 0 spiro atoms. The van der Waals surface area contributed by atoms with Gasteiger partial charge in [-0.3, -0.25) is 13.9 Å². The summed E-state index contributed by atoms with van der Waals surface area (Å²) in [5.74, 6) is 1.83. The van der Waals surface area contributed by atoms with E-state index in [0.29, 0.717) is 17.7 Å². The summed E-state index contributed by atoms with van der Waals surface area (Å²) in [7, 11) is 3.42. The van der Waals surface area contributed by atoms with Gasteiger partial charge in [-0.25, -0.2) is 9.78 Å². The third kappa shape index (κ3) is 3.76. The molecule has 3 aromatic rings. The number of rotatable bonds is 7. The molecule has 0 aliphatic rings. The zero-order chi connectivity index (χ0) is 18.7. The summed E-state index contributed by atoms with van der Waals surface area (Å²) in [5, 5.41) is 0. The van der Waals surface area contributed by atoms with Crippen LogP contribution < -0.4 is 11.2 Å². The van der Waals surface area contributed by atoms with Crippen LogP contribution in [0.15, 0.2) is 45.1 Å². The first-order chi connectivity index (χ1) is 12.5. The maximum absolute atomic E-state index is 12.6. The molecule has 0 N–H and O–H groups in total. The summed E-state index contributed by atoms with van der Waals surface area (Å²) in [6.07, 6.45) is 4.40. The SMILES string of the molecule is CSc1ccc(CSCCCn2c(=O)c3c(ncn3C)n(C)c2=O)cc1. The van der Waals surface area contributed by atoms with Crippen LogP contribution in [0, 0.1) is 0 Å². The maximum Gasteiger partial charge on any atom is 0.332 e. The minimum absolute atomic E-state index is 0.263. The third-order valence-electron chi connectivity index (χ3n) is 4.30. The molecule has 2 heterocycles. The zero-order valence-corrected chi connectivity index (χ0v) is 16.8. The lowest BCUT2D eigenvalue weighted by Gasteiger charge is -2.08. The second-order valence-electron chi connectivity index (χ2n) is 6.08. The van der Waals surface area contributed by atoms with Gasteiger partial charge >= 0.3 is 5.69 Å². The number of nitrogens with zero attached hydrogens (tertiary/aromatic N) is 4. The van der Waals surface area contributed by atoms with Gasteiger partial charge in [-0.1, -0.05) is 12.1 Å². The van der Waals surface area contributed by atoms with Gasteiger partial charge in [0.15, 0.2) is 11.2 Å². The molecular weight excluding hydrogens is 368 g/mol. The van der Waals surface area contributed by atoms with Gasteiger partial charge in [-0.05, 0) is 36.1 Å². The summed E-state index contributed by atoms with van der Waals surface area (Å²) in [6.45, 7) is 0.422. The van der Waals surface area contributed by atoms with Crippen molar-refractivity contribution in [1.82, 2.24) is 18.7 Å². The lowest BCUT2D eigenvalue weighted by molar-refractivity contribution is 0.594. The molecule has 3 rings (SSSR count). The van der Waals surface area contributed by atoms with Gasteiger partial charge in [0.1, 0.15) is 0 Å². The van der Waals surface area contributed by atoms with Gasteiger partial charge in [0, 0.05) is 31.3 Å². The Kier molecular flexibility index (Phi) is 5.93. The van der Waals surface area contributed by atoms with Crippen LogP contribution in [-0.2, 0) is 26.4 Å². The molecule has 0 unspecified atom stereocenters. The molecule has 1 aromatic carbocycles. The highest BCUT2D eigenvalue weighted by atomic mass is 32.2. The highest BCUT2D eigenvalue weighted by Gasteiger charge is 2.14. The van der Waals surface area contributed by atoms with Gasteiger partial charge in [-0.15, -0.1) is 11.8 Å². The quantitative estimate of drug-likeness (QED) is 0.458. The van der Waals surface area contributed by atoms with E-state index in [0.717, 1.165) is 17.9 Å². The van der Waals surface area contributed by atoms with E-state index in [1.54, 1.807) is 36.8 Å². The van der Waals surface area contributed by atoms with Gasteiger partial charge in [-0.2, -0.15) is 11.8 Å². The Morgan fingerprint density at radius 3 is 2.54 bits per heavy atom. The highest BCUT2D eigenvalue weighted by Crippen LogP contribution is 2.18. The van der Waals surface area contributed by atoms with Crippen molar-refractivity contribution in [1.29, 1.82) is 0 Å². The average molecular weight is 391 g/mol. The van der Waals surface area contributed by atoms with Crippen molar-refractivity contribution in [2.75, 3.05) is 12.0 Å². The summed E-state index contributed by atoms with van der Waals surface area (Å²) < 4.78 is 4.43. The van der Waals surface area contributed by atoms with Crippen molar-refractivity contribution in [3.63, 3.8) is 0 Å². The molecule has 2 aromatic heterocycles. The number of hydrogen-bond acceptors (Lipinski definition) is 5. The monoisotopic (exact) mass is 390 g/mol. The Morgan fingerprint density at radius 1 is 1.12 bits per heavy atom. The number of hydrogen-bond donors (Lipinski definition) is 0. The largest absolute Gasteiger partial charge is 0.332 e. The first-order valence-corrected chi connectivity index (χ1v) is 10.7. The van der Waals surface area contributed by atoms with Gasteiger partial charge in [0.25, 0.3) is 5.56 Å². The molecule has 0 aliphatic heterocycles. The fourth-order valence-corrected chi connectivity index (χ4v) is 4.14. The topological polar surface area (TPSA) is 61.8 Å². The number of fused-ring (bicyclic) bond motifs is 1. The minimum Gasteiger partial charge on any atom is -0.328 e. The first kappa shape index (κ1) is 18.8. The third-order valence-corrected chi connectivity index (χ3v) is 6.16. The Labute approximate surface area is 160 Å². The van der Waals surface area contributed by atoms with Crippen LogP contribution in [0.25, 0.3) is 11.2 Å². The highest BCUT2D eigenvalue weighted by molar-refractivity contribution is 7.98. The van der Waals surface area contributed by atoms with Crippen LogP contribution in [0.5, 0.6) is 0 Å². The van der Waals surface area contributed by atoms with E-state index in [-0.39, 0.29) is 11.2 Å². The summed E-state index contributed by atoms with van der Waals surface area (Å²) >= 11 is 3.55. The van der Waals surface area contributed by atoms with E-state index in [1.807, 2.05) is 11.8 Å². The zero-order valence-electron chi connectivity index (χ0n) is 15.1. The number of imidazole rings is 1. The predicted octanol–water partition coefficient (Wildman–Crippen LogP) is 2.48. The number of benzene rings is 1. The fraction of sp³-hybridized carbons (Fsp3) is 0.389. The molecule has 0 fully saturated rings. The van der Waals surface area contributed by atoms with Crippen molar-refractivity contribution in [3.05, 3.63) is 57.0 Å². The van der Waals surface area contributed by atoms with E-state index in [1.165, 1.54) is 19.6 Å². The Morgan fingerprint density at radius 2 is 1.85 bits per heavy atom. The Balaban J connectivity index is 1.62. The van der Waals surface area contributed by atoms with Crippen molar-refractivity contribution >= 4 is 34.7 Å². The van der Waals surface area contributed by atoms with Crippen LogP contribution in [0.1, 0.15) is 12.0 Å². The Bertz CT molecular complexity index is 1020. The molecule has 8 heteroatoms. The summed E-state index contributed by atoms with van der Waals surface area (Å²) in [5.41, 5.74) is 1.62. The van der Waals surface area contributed by atoms with Crippen molar-refractivity contribution in [3.8, 4) is 0 Å². The molecule has 0 saturated heterocycles. The van der Waals surface area contributed by atoms with Crippen LogP contribution >= 0.6 is 23.5 Å². The second-order valence-corrected chi connectivity index (χ2v) is 8.07. The predicted molar refractivity (Wildman–Crippen MR) is 109 cm³/mol. The molecule has 0 aliphatic carbocycles. The van der Waals surface area contributed by atoms with E-state index >= 15 is 0 Å². The molecular formula is C18H22N4O2S2. The van der Waals surface area contributed by atoms with Crippen molar-refractivity contribution in [2.24, 2.45) is 14.1 Å².